The summed E-state index contributed by atoms with van der Waals surface area (Å²) in [4.78, 5) is 11.8. The Bertz CT molecular complexity index is 464. The average Bonchev–Trinajstić information content (AvgIpc) is 2.43. The van der Waals surface area contributed by atoms with Crippen LogP contribution in [0.4, 0.5) is 13.2 Å². The molecule has 0 fully saturated rings. The van der Waals surface area contributed by atoms with E-state index >= 15 is 0 Å². The molecule has 0 radical (unpaired) electrons. The summed E-state index contributed by atoms with van der Waals surface area (Å²) in [6.07, 6.45) is -2.23. The number of halogens is 3. The van der Waals surface area contributed by atoms with Gasteiger partial charge >= 0.3 is 12.1 Å². The first kappa shape index (κ1) is 18.5. The lowest BCUT2D eigenvalue weighted by molar-refractivity contribution is -0.150. The second-order valence-corrected chi connectivity index (χ2v) is 5.69. The highest BCUT2D eigenvalue weighted by Crippen LogP contribution is 2.29. The molecule has 124 valence electrons. The van der Waals surface area contributed by atoms with Gasteiger partial charge in [0.25, 0.3) is 0 Å². The number of benzene rings is 1. The monoisotopic (exact) mass is 316 g/mol. The van der Waals surface area contributed by atoms with E-state index in [0.29, 0.717) is 19.4 Å². The number of hydrogen-bond acceptors (Lipinski definition) is 2. The molecule has 0 aliphatic carbocycles. The van der Waals surface area contributed by atoms with E-state index in [1.165, 1.54) is 12.1 Å². The Kier molecular flexibility index (Phi) is 6.91. The molecule has 0 amide bonds. The second-order valence-electron chi connectivity index (χ2n) is 5.69. The van der Waals surface area contributed by atoms with E-state index in [1.807, 2.05) is 13.8 Å². The molecule has 0 N–H and O–H groups in total. The molecule has 0 aromatic heterocycles. The molecule has 5 heteroatoms. The van der Waals surface area contributed by atoms with Crippen molar-refractivity contribution < 1.29 is 22.7 Å². The van der Waals surface area contributed by atoms with Gasteiger partial charge in [-0.15, -0.1) is 0 Å². The molecule has 0 saturated carbocycles. The molecular formula is C17H23F3O2. The van der Waals surface area contributed by atoms with Gasteiger partial charge in [-0.3, -0.25) is 4.79 Å². The standard InChI is InChI=1S/C17H23F3O2/c1-4-22-16(21)15(12(2)3)7-5-6-13-8-10-14(11-9-13)17(18,19)20/h8-12,15H,4-7H2,1-3H3. The first-order valence-corrected chi connectivity index (χ1v) is 7.58. The number of hydrogen-bond donors (Lipinski definition) is 0. The van der Waals surface area contributed by atoms with Crippen molar-refractivity contribution in [3.05, 3.63) is 35.4 Å². The van der Waals surface area contributed by atoms with Crippen LogP contribution in [0.25, 0.3) is 0 Å². The lowest BCUT2D eigenvalue weighted by Crippen LogP contribution is -2.23. The number of carbonyl (C=O) groups excluding carboxylic acids is 1. The molecule has 1 aromatic rings. The molecule has 0 saturated heterocycles. The number of aryl methyl sites for hydroxylation is 1. The van der Waals surface area contributed by atoms with Crippen molar-refractivity contribution in [2.45, 2.75) is 46.2 Å². The summed E-state index contributed by atoms with van der Waals surface area (Å²) in [5.41, 5.74) is 0.210. The van der Waals surface area contributed by atoms with Crippen molar-refractivity contribution in [3.63, 3.8) is 0 Å². The van der Waals surface area contributed by atoms with E-state index in [-0.39, 0.29) is 17.8 Å². The fraction of sp³-hybridized carbons (Fsp3) is 0.588. The van der Waals surface area contributed by atoms with Crippen molar-refractivity contribution in [1.82, 2.24) is 0 Å². The maximum absolute atomic E-state index is 12.5. The Balaban J connectivity index is 2.53. The van der Waals surface area contributed by atoms with Crippen LogP contribution in [0.2, 0.25) is 0 Å². The van der Waals surface area contributed by atoms with E-state index in [9.17, 15) is 18.0 Å². The topological polar surface area (TPSA) is 26.3 Å². The maximum Gasteiger partial charge on any atom is 0.416 e. The fourth-order valence-corrected chi connectivity index (χ4v) is 2.36. The molecule has 0 aliphatic rings. The zero-order chi connectivity index (χ0) is 16.8. The minimum absolute atomic E-state index is 0.158. The fourth-order valence-electron chi connectivity index (χ4n) is 2.36. The Morgan fingerprint density at radius 1 is 1.18 bits per heavy atom. The maximum atomic E-state index is 12.5. The van der Waals surface area contributed by atoms with Gasteiger partial charge in [-0.1, -0.05) is 26.0 Å². The van der Waals surface area contributed by atoms with Gasteiger partial charge < -0.3 is 4.74 Å². The predicted molar refractivity (Wildman–Crippen MR) is 79.3 cm³/mol. The van der Waals surface area contributed by atoms with Gasteiger partial charge in [0, 0.05) is 0 Å². The highest BCUT2D eigenvalue weighted by molar-refractivity contribution is 5.72. The normalized spacial score (nSPS) is 13.2. The number of ether oxygens (including phenoxy) is 1. The average molecular weight is 316 g/mol. The van der Waals surface area contributed by atoms with Gasteiger partial charge in [-0.05, 0) is 49.8 Å². The van der Waals surface area contributed by atoms with Crippen molar-refractivity contribution in [1.29, 1.82) is 0 Å². The zero-order valence-electron chi connectivity index (χ0n) is 13.2. The van der Waals surface area contributed by atoms with Crippen LogP contribution in [-0.2, 0) is 22.1 Å². The number of rotatable bonds is 7. The molecule has 0 heterocycles. The van der Waals surface area contributed by atoms with Crippen LogP contribution in [0, 0.1) is 11.8 Å². The van der Waals surface area contributed by atoms with Crippen molar-refractivity contribution in [2.24, 2.45) is 11.8 Å². The van der Waals surface area contributed by atoms with Crippen molar-refractivity contribution >= 4 is 5.97 Å². The minimum atomic E-state index is -4.30. The van der Waals surface area contributed by atoms with E-state index < -0.39 is 11.7 Å². The first-order chi connectivity index (χ1) is 10.3. The third-order valence-corrected chi connectivity index (χ3v) is 3.66. The molecule has 2 nitrogen and oxygen atoms in total. The summed E-state index contributed by atoms with van der Waals surface area (Å²) in [5, 5.41) is 0. The Hall–Kier alpha value is -1.52. The molecule has 1 aromatic carbocycles. The molecule has 22 heavy (non-hydrogen) atoms. The van der Waals surface area contributed by atoms with Crippen LogP contribution in [0.1, 0.15) is 44.7 Å². The second kappa shape index (κ2) is 8.20. The third kappa shape index (κ3) is 5.70. The predicted octanol–water partition coefficient (Wildman–Crippen LogP) is 4.86. The van der Waals surface area contributed by atoms with Crippen molar-refractivity contribution in [3.8, 4) is 0 Å². The SMILES string of the molecule is CCOC(=O)C(CCCc1ccc(C(F)(F)F)cc1)C(C)C. The Morgan fingerprint density at radius 2 is 1.77 bits per heavy atom. The quantitative estimate of drug-likeness (QED) is 0.671. The third-order valence-electron chi connectivity index (χ3n) is 3.66. The molecule has 1 rings (SSSR count). The van der Waals surface area contributed by atoms with E-state index in [1.54, 1.807) is 6.92 Å². The summed E-state index contributed by atoms with van der Waals surface area (Å²) in [5.74, 6) is -0.161. The molecular weight excluding hydrogens is 293 g/mol. The van der Waals surface area contributed by atoms with Gasteiger partial charge in [-0.25, -0.2) is 0 Å². The van der Waals surface area contributed by atoms with Gasteiger partial charge in [0.2, 0.25) is 0 Å². The van der Waals surface area contributed by atoms with E-state index in [4.69, 9.17) is 4.74 Å². The number of esters is 1. The Morgan fingerprint density at radius 3 is 2.23 bits per heavy atom. The Labute approximate surface area is 129 Å². The molecule has 0 spiro atoms. The van der Waals surface area contributed by atoms with Crippen molar-refractivity contribution in [2.75, 3.05) is 6.61 Å². The number of carbonyl (C=O) groups is 1. The van der Waals surface area contributed by atoms with Gasteiger partial charge in [0.05, 0.1) is 18.1 Å². The highest BCUT2D eigenvalue weighted by Gasteiger charge is 2.30. The molecule has 0 bridgehead atoms. The number of alkyl halides is 3. The molecule has 1 unspecified atom stereocenters. The summed E-state index contributed by atoms with van der Waals surface area (Å²) >= 11 is 0. The van der Waals surface area contributed by atoms with Crippen LogP contribution in [0.15, 0.2) is 24.3 Å². The molecule has 1 atom stereocenters. The van der Waals surface area contributed by atoms with Crippen LogP contribution < -0.4 is 0 Å². The van der Waals surface area contributed by atoms with E-state index in [2.05, 4.69) is 0 Å². The van der Waals surface area contributed by atoms with Crippen LogP contribution in [-0.4, -0.2) is 12.6 Å². The van der Waals surface area contributed by atoms with Crippen LogP contribution in [0.3, 0.4) is 0 Å². The first-order valence-electron chi connectivity index (χ1n) is 7.58. The zero-order valence-corrected chi connectivity index (χ0v) is 13.2. The molecule has 0 aliphatic heterocycles. The lowest BCUT2D eigenvalue weighted by atomic mass is 9.90. The van der Waals surface area contributed by atoms with Crippen LogP contribution in [0.5, 0.6) is 0 Å². The van der Waals surface area contributed by atoms with Crippen LogP contribution >= 0.6 is 0 Å². The van der Waals surface area contributed by atoms with E-state index in [0.717, 1.165) is 24.1 Å². The largest absolute Gasteiger partial charge is 0.466 e. The summed E-state index contributed by atoms with van der Waals surface area (Å²) in [6.45, 7) is 6.08. The van der Waals surface area contributed by atoms with Gasteiger partial charge in [-0.2, -0.15) is 13.2 Å². The summed E-state index contributed by atoms with van der Waals surface area (Å²) < 4.78 is 42.5. The van der Waals surface area contributed by atoms with Gasteiger partial charge in [0.15, 0.2) is 0 Å². The van der Waals surface area contributed by atoms with Gasteiger partial charge in [0.1, 0.15) is 0 Å². The summed E-state index contributed by atoms with van der Waals surface area (Å²) in [7, 11) is 0. The minimum Gasteiger partial charge on any atom is -0.466 e. The highest BCUT2D eigenvalue weighted by atomic mass is 19.4. The summed E-state index contributed by atoms with van der Waals surface area (Å²) in [6, 6.07) is 5.19. The smallest absolute Gasteiger partial charge is 0.416 e. The lowest BCUT2D eigenvalue weighted by Gasteiger charge is -2.19.